The molecular formula is C26H25N8O2+. The van der Waals surface area contributed by atoms with Gasteiger partial charge in [-0.25, -0.2) is 19.5 Å². The van der Waals surface area contributed by atoms with Crippen LogP contribution >= 0.6 is 0 Å². The van der Waals surface area contributed by atoms with Crippen LogP contribution in [0.15, 0.2) is 61.3 Å². The number of hydrogen-bond donors (Lipinski definition) is 2. The largest absolute Gasteiger partial charge is 0.490 e. The van der Waals surface area contributed by atoms with E-state index in [4.69, 9.17) is 9.47 Å². The molecule has 180 valence electrons. The summed E-state index contributed by atoms with van der Waals surface area (Å²) < 4.78 is 15.9. The second kappa shape index (κ2) is 9.23. The van der Waals surface area contributed by atoms with Crippen molar-refractivity contribution in [2.24, 2.45) is 0 Å². The SMILES string of the molecule is COc1c([N+]2=CCNCC2)ccc2ncnc(Nc3ccc(Oc4ccn5ncnc5c4)c(C)c3)c12. The van der Waals surface area contributed by atoms with Crippen molar-refractivity contribution >= 4 is 40.0 Å². The van der Waals surface area contributed by atoms with E-state index in [-0.39, 0.29) is 0 Å². The quantitative estimate of drug-likeness (QED) is 0.353. The smallest absolute Gasteiger partial charge is 0.248 e. The van der Waals surface area contributed by atoms with Gasteiger partial charge in [-0.1, -0.05) is 0 Å². The minimum absolute atomic E-state index is 0.680. The highest BCUT2D eigenvalue weighted by Gasteiger charge is 2.23. The molecule has 0 fully saturated rings. The fourth-order valence-electron chi connectivity index (χ4n) is 4.39. The Hall–Kier alpha value is -4.57. The van der Waals surface area contributed by atoms with E-state index >= 15 is 0 Å². The first-order valence-electron chi connectivity index (χ1n) is 11.7. The highest BCUT2D eigenvalue weighted by Crippen LogP contribution is 2.39. The summed E-state index contributed by atoms with van der Waals surface area (Å²) in [6.45, 7) is 4.60. The third kappa shape index (κ3) is 4.07. The third-order valence-electron chi connectivity index (χ3n) is 6.15. The minimum atomic E-state index is 0.680. The molecular weight excluding hydrogens is 456 g/mol. The number of pyridine rings is 1. The van der Waals surface area contributed by atoms with Gasteiger partial charge >= 0.3 is 0 Å². The molecule has 1 aliphatic heterocycles. The molecule has 0 atom stereocenters. The number of aryl methyl sites for hydroxylation is 1. The second-order valence-corrected chi connectivity index (χ2v) is 8.45. The Kier molecular flexibility index (Phi) is 5.62. The van der Waals surface area contributed by atoms with Gasteiger partial charge in [-0.3, -0.25) is 0 Å². The Morgan fingerprint density at radius 2 is 2.00 bits per heavy atom. The fourth-order valence-corrected chi connectivity index (χ4v) is 4.39. The molecule has 6 rings (SSSR count). The van der Waals surface area contributed by atoms with E-state index in [0.29, 0.717) is 11.6 Å². The summed E-state index contributed by atoms with van der Waals surface area (Å²) in [5.41, 5.74) is 4.39. The number of nitrogens with zero attached hydrogens (tertiary/aromatic N) is 6. The lowest BCUT2D eigenvalue weighted by Gasteiger charge is -2.16. The van der Waals surface area contributed by atoms with E-state index in [1.807, 2.05) is 55.6 Å². The van der Waals surface area contributed by atoms with Crippen molar-refractivity contribution in [3.05, 3.63) is 66.9 Å². The van der Waals surface area contributed by atoms with Crippen molar-refractivity contribution in [3.8, 4) is 17.2 Å². The molecule has 3 aromatic heterocycles. The summed E-state index contributed by atoms with van der Waals surface area (Å²) in [4.78, 5) is 13.2. The monoisotopic (exact) mass is 481 g/mol. The van der Waals surface area contributed by atoms with Crippen molar-refractivity contribution in [3.63, 3.8) is 0 Å². The van der Waals surface area contributed by atoms with Gasteiger partial charge < -0.3 is 20.1 Å². The van der Waals surface area contributed by atoms with Crippen LogP contribution in [0.4, 0.5) is 17.2 Å². The van der Waals surface area contributed by atoms with Gasteiger partial charge in [0.2, 0.25) is 11.4 Å². The normalized spacial score (nSPS) is 13.6. The van der Waals surface area contributed by atoms with Crippen LogP contribution in [0.1, 0.15) is 5.56 Å². The zero-order chi connectivity index (χ0) is 24.5. The lowest BCUT2D eigenvalue weighted by atomic mass is 10.1. The first kappa shape index (κ1) is 21.9. The highest BCUT2D eigenvalue weighted by molar-refractivity contribution is 5.98. The molecule has 0 amide bonds. The number of anilines is 2. The summed E-state index contributed by atoms with van der Waals surface area (Å²) in [7, 11) is 1.68. The number of fused-ring (bicyclic) bond motifs is 2. The Bertz CT molecular complexity index is 1610. The third-order valence-corrected chi connectivity index (χ3v) is 6.15. The first-order valence-corrected chi connectivity index (χ1v) is 11.7. The van der Waals surface area contributed by atoms with E-state index in [2.05, 4.69) is 41.5 Å². The van der Waals surface area contributed by atoms with E-state index in [1.54, 1.807) is 18.0 Å². The predicted octanol–water partition coefficient (Wildman–Crippen LogP) is 3.84. The number of benzene rings is 2. The number of rotatable bonds is 6. The van der Waals surface area contributed by atoms with Crippen LogP contribution in [0.2, 0.25) is 0 Å². The topological polar surface area (TPSA) is 102 Å². The number of aromatic nitrogens is 5. The van der Waals surface area contributed by atoms with Gasteiger partial charge in [0, 0.05) is 24.0 Å². The van der Waals surface area contributed by atoms with Gasteiger partial charge in [-0.05, 0) is 42.8 Å². The lowest BCUT2D eigenvalue weighted by molar-refractivity contribution is -0.438. The van der Waals surface area contributed by atoms with Gasteiger partial charge in [0.25, 0.3) is 0 Å². The number of hydrogen-bond acceptors (Lipinski definition) is 8. The van der Waals surface area contributed by atoms with Gasteiger partial charge in [0.05, 0.1) is 31.1 Å². The second-order valence-electron chi connectivity index (χ2n) is 8.45. The van der Waals surface area contributed by atoms with Crippen LogP contribution in [0.3, 0.4) is 0 Å². The summed E-state index contributed by atoms with van der Waals surface area (Å²) in [5, 5.41) is 11.8. The van der Waals surface area contributed by atoms with Gasteiger partial charge in [-0.2, -0.15) is 9.67 Å². The van der Waals surface area contributed by atoms with Gasteiger partial charge in [-0.15, -0.1) is 0 Å². The van der Waals surface area contributed by atoms with Crippen LogP contribution in [-0.2, 0) is 0 Å². The van der Waals surface area contributed by atoms with E-state index in [1.165, 1.54) is 6.33 Å². The minimum Gasteiger partial charge on any atom is -0.490 e. The lowest BCUT2D eigenvalue weighted by Crippen LogP contribution is -2.33. The molecule has 0 unspecified atom stereocenters. The van der Waals surface area contributed by atoms with Crippen molar-refractivity contribution < 1.29 is 14.0 Å². The molecule has 5 aromatic rings. The average Bonchev–Trinajstić information content (AvgIpc) is 3.38. The summed E-state index contributed by atoms with van der Waals surface area (Å²) in [6.07, 6.45) is 7.03. The summed E-state index contributed by atoms with van der Waals surface area (Å²) in [5.74, 6) is 2.88. The summed E-state index contributed by atoms with van der Waals surface area (Å²) in [6, 6.07) is 13.7. The Morgan fingerprint density at radius 1 is 1.06 bits per heavy atom. The zero-order valence-corrected chi connectivity index (χ0v) is 20.0. The van der Waals surface area contributed by atoms with Gasteiger partial charge in [0.15, 0.2) is 18.4 Å². The Balaban J connectivity index is 1.32. The molecule has 2 aromatic carbocycles. The fraction of sp³-hybridized carbons (Fsp3) is 0.192. The molecule has 36 heavy (non-hydrogen) atoms. The maximum Gasteiger partial charge on any atom is 0.248 e. The molecule has 10 heteroatoms. The Morgan fingerprint density at radius 3 is 2.83 bits per heavy atom. The highest BCUT2D eigenvalue weighted by atomic mass is 16.5. The van der Waals surface area contributed by atoms with Crippen molar-refractivity contribution in [1.82, 2.24) is 29.9 Å². The number of ether oxygens (including phenoxy) is 2. The number of methoxy groups -OCH3 is 1. The molecule has 0 saturated carbocycles. The molecule has 0 radical (unpaired) electrons. The van der Waals surface area contributed by atoms with Crippen LogP contribution in [0.25, 0.3) is 16.6 Å². The van der Waals surface area contributed by atoms with Crippen LogP contribution in [0, 0.1) is 6.92 Å². The van der Waals surface area contributed by atoms with Crippen LogP contribution in [0.5, 0.6) is 17.2 Å². The molecule has 0 aliphatic carbocycles. The summed E-state index contributed by atoms with van der Waals surface area (Å²) >= 11 is 0. The standard InChI is InChI=1S/C26H25N8O2/c1-17-13-18(3-6-22(17)36-19-7-10-34-23(14-19)29-16-31-34)32-26-24-20(28-15-30-26)4-5-21(25(24)35-2)33-11-8-27-9-12-33/h3-7,10-11,13-16,27H,8-9,12H2,1-2H3,(H,28,30,32)/q+1. The molecule has 0 saturated heterocycles. The molecule has 4 heterocycles. The van der Waals surface area contributed by atoms with E-state index in [9.17, 15) is 0 Å². The maximum atomic E-state index is 6.11. The molecule has 0 spiro atoms. The number of nitrogens with one attached hydrogen (secondary N) is 2. The predicted molar refractivity (Wildman–Crippen MR) is 137 cm³/mol. The van der Waals surface area contributed by atoms with E-state index < -0.39 is 0 Å². The molecule has 10 nitrogen and oxygen atoms in total. The van der Waals surface area contributed by atoms with Crippen LogP contribution in [-0.4, -0.2) is 62.1 Å². The first-order chi connectivity index (χ1) is 17.7. The van der Waals surface area contributed by atoms with Gasteiger partial charge in [0.1, 0.15) is 30.0 Å². The van der Waals surface area contributed by atoms with Crippen molar-refractivity contribution in [1.29, 1.82) is 0 Å². The van der Waals surface area contributed by atoms with Crippen molar-refractivity contribution in [2.75, 3.05) is 32.1 Å². The molecule has 2 N–H and O–H groups in total. The molecule has 1 aliphatic rings. The average molecular weight is 482 g/mol. The Labute approximate surface area is 207 Å². The zero-order valence-electron chi connectivity index (χ0n) is 20.0. The van der Waals surface area contributed by atoms with Crippen molar-refractivity contribution in [2.45, 2.75) is 6.92 Å². The van der Waals surface area contributed by atoms with E-state index in [0.717, 1.165) is 64.6 Å². The molecule has 0 bridgehead atoms. The van der Waals surface area contributed by atoms with Crippen LogP contribution < -0.4 is 20.1 Å². The maximum absolute atomic E-state index is 6.11.